The van der Waals surface area contributed by atoms with Gasteiger partial charge in [0.2, 0.25) is 0 Å². The second kappa shape index (κ2) is 8.44. The lowest BCUT2D eigenvalue weighted by atomic mass is 10.0. The van der Waals surface area contributed by atoms with Crippen molar-refractivity contribution in [3.8, 4) is 11.3 Å². The first-order chi connectivity index (χ1) is 15.1. The molecular weight excluding hydrogens is 410 g/mol. The highest BCUT2D eigenvalue weighted by Crippen LogP contribution is 2.33. The van der Waals surface area contributed by atoms with Crippen LogP contribution in [0.3, 0.4) is 0 Å². The molecule has 2 aliphatic rings. The van der Waals surface area contributed by atoms with Crippen LogP contribution in [0.25, 0.3) is 11.3 Å². The molecule has 0 aliphatic carbocycles. The molecule has 0 aromatic carbocycles. The van der Waals surface area contributed by atoms with E-state index in [0.717, 1.165) is 79.8 Å². The van der Waals surface area contributed by atoms with Crippen molar-refractivity contribution < 1.29 is 4.74 Å². The third-order valence-electron chi connectivity index (χ3n) is 6.00. The van der Waals surface area contributed by atoms with Crippen LogP contribution < -0.4 is 9.80 Å². The Morgan fingerprint density at radius 2 is 1.77 bits per heavy atom. The number of morpholine rings is 1. The van der Waals surface area contributed by atoms with Crippen LogP contribution in [0.2, 0.25) is 5.02 Å². The maximum absolute atomic E-state index is 6.51. The first-order valence-corrected chi connectivity index (χ1v) is 11.1. The van der Waals surface area contributed by atoms with Gasteiger partial charge in [0.1, 0.15) is 11.6 Å². The summed E-state index contributed by atoms with van der Waals surface area (Å²) in [5.41, 5.74) is 6.53. The molecule has 0 spiro atoms. The Morgan fingerprint density at radius 3 is 2.58 bits per heavy atom. The average molecular weight is 436 g/mol. The van der Waals surface area contributed by atoms with Crippen LogP contribution in [0.5, 0.6) is 0 Å². The minimum atomic E-state index is 0.623. The zero-order valence-corrected chi connectivity index (χ0v) is 18.7. The van der Waals surface area contributed by atoms with Gasteiger partial charge in [-0.15, -0.1) is 0 Å². The Balaban J connectivity index is 1.40. The molecule has 6 nitrogen and oxygen atoms in total. The van der Waals surface area contributed by atoms with Crippen molar-refractivity contribution in [2.24, 2.45) is 0 Å². The number of halogens is 1. The van der Waals surface area contributed by atoms with Gasteiger partial charge in [-0.2, -0.15) is 0 Å². The molecule has 3 aromatic heterocycles. The number of aryl methyl sites for hydroxylation is 2. The summed E-state index contributed by atoms with van der Waals surface area (Å²) in [6.45, 7) is 9.14. The summed E-state index contributed by atoms with van der Waals surface area (Å²) in [4.78, 5) is 18.8. The van der Waals surface area contributed by atoms with Gasteiger partial charge in [0, 0.05) is 56.3 Å². The molecule has 0 atom stereocenters. The minimum Gasteiger partial charge on any atom is -0.378 e. The van der Waals surface area contributed by atoms with Gasteiger partial charge in [-0.05, 0) is 42.7 Å². The van der Waals surface area contributed by atoms with Gasteiger partial charge >= 0.3 is 0 Å². The summed E-state index contributed by atoms with van der Waals surface area (Å²) >= 11 is 6.51. The van der Waals surface area contributed by atoms with Gasteiger partial charge < -0.3 is 14.5 Å². The molecule has 7 heteroatoms. The highest BCUT2D eigenvalue weighted by Gasteiger charge is 2.22. The van der Waals surface area contributed by atoms with Crippen molar-refractivity contribution in [1.29, 1.82) is 0 Å². The molecule has 160 valence electrons. The Morgan fingerprint density at radius 1 is 0.935 bits per heavy atom. The maximum Gasteiger partial charge on any atom is 0.129 e. The van der Waals surface area contributed by atoms with Gasteiger partial charge in [0.05, 0.1) is 23.9 Å². The molecule has 0 amide bonds. The normalized spacial score (nSPS) is 16.4. The SMILES string of the molecule is Cc1cnc(-c2cc(N3CCc4nc(N5CCOCC5)ccc4C3)ncc2Cl)c(C)c1. The smallest absolute Gasteiger partial charge is 0.129 e. The van der Waals surface area contributed by atoms with Crippen LogP contribution >= 0.6 is 11.6 Å². The Bertz CT molecular complexity index is 1110. The van der Waals surface area contributed by atoms with Crippen molar-refractivity contribution >= 4 is 23.2 Å². The van der Waals surface area contributed by atoms with E-state index >= 15 is 0 Å². The van der Waals surface area contributed by atoms with Crippen LogP contribution in [-0.4, -0.2) is 47.8 Å². The van der Waals surface area contributed by atoms with Gasteiger partial charge in [0.15, 0.2) is 0 Å². The monoisotopic (exact) mass is 435 g/mol. The highest BCUT2D eigenvalue weighted by atomic mass is 35.5. The number of rotatable bonds is 3. The summed E-state index contributed by atoms with van der Waals surface area (Å²) in [6.07, 6.45) is 4.52. The minimum absolute atomic E-state index is 0.623. The second-order valence-corrected chi connectivity index (χ2v) is 8.65. The largest absolute Gasteiger partial charge is 0.378 e. The lowest BCUT2D eigenvalue weighted by Crippen LogP contribution is -2.37. The second-order valence-electron chi connectivity index (χ2n) is 8.25. The van der Waals surface area contributed by atoms with E-state index in [1.165, 1.54) is 11.3 Å². The number of nitrogens with zero attached hydrogens (tertiary/aromatic N) is 5. The van der Waals surface area contributed by atoms with Crippen molar-refractivity contribution in [2.75, 3.05) is 42.6 Å². The zero-order chi connectivity index (χ0) is 21.4. The van der Waals surface area contributed by atoms with Crippen molar-refractivity contribution in [2.45, 2.75) is 26.8 Å². The molecule has 1 fully saturated rings. The summed E-state index contributed by atoms with van der Waals surface area (Å²) in [7, 11) is 0. The summed E-state index contributed by atoms with van der Waals surface area (Å²) in [6, 6.07) is 8.54. The number of fused-ring (bicyclic) bond motifs is 1. The van der Waals surface area contributed by atoms with Gasteiger partial charge in [0.25, 0.3) is 0 Å². The van der Waals surface area contributed by atoms with E-state index in [2.05, 4.69) is 51.0 Å². The van der Waals surface area contributed by atoms with E-state index in [1.54, 1.807) is 6.20 Å². The summed E-state index contributed by atoms with van der Waals surface area (Å²) in [5.74, 6) is 1.98. The van der Waals surface area contributed by atoms with E-state index in [1.807, 2.05) is 13.1 Å². The molecule has 0 saturated carbocycles. The zero-order valence-electron chi connectivity index (χ0n) is 17.9. The van der Waals surface area contributed by atoms with E-state index in [9.17, 15) is 0 Å². The molecular formula is C24H26ClN5O. The number of ether oxygens (including phenoxy) is 1. The van der Waals surface area contributed by atoms with E-state index in [0.29, 0.717) is 5.02 Å². The molecule has 0 N–H and O–H groups in total. The van der Waals surface area contributed by atoms with Crippen LogP contribution in [0.1, 0.15) is 22.4 Å². The fourth-order valence-corrected chi connectivity index (χ4v) is 4.54. The molecule has 5 rings (SSSR count). The number of aromatic nitrogens is 3. The number of hydrogen-bond donors (Lipinski definition) is 0. The first kappa shape index (κ1) is 20.2. The fourth-order valence-electron chi connectivity index (χ4n) is 4.35. The molecule has 1 saturated heterocycles. The van der Waals surface area contributed by atoms with Crippen LogP contribution in [0.4, 0.5) is 11.6 Å². The molecule has 31 heavy (non-hydrogen) atoms. The van der Waals surface area contributed by atoms with Crippen molar-refractivity contribution in [3.05, 3.63) is 64.1 Å². The summed E-state index contributed by atoms with van der Waals surface area (Å²) in [5, 5.41) is 0.623. The number of pyridine rings is 3. The number of hydrogen-bond acceptors (Lipinski definition) is 6. The quantitative estimate of drug-likeness (QED) is 0.614. The molecule has 5 heterocycles. The Labute approximate surface area is 187 Å². The van der Waals surface area contributed by atoms with Gasteiger partial charge in [-0.1, -0.05) is 23.7 Å². The van der Waals surface area contributed by atoms with Gasteiger partial charge in [-0.25, -0.2) is 9.97 Å². The standard InChI is InChI=1S/C24H26ClN5O/c1-16-11-17(2)24(27-13-16)19-12-23(26-14-20(19)25)30-6-5-21-18(15-30)3-4-22(28-21)29-7-9-31-10-8-29/h3-4,11-14H,5-10,15H2,1-2H3. The number of anilines is 2. The van der Waals surface area contributed by atoms with Gasteiger partial charge in [-0.3, -0.25) is 4.98 Å². The molecule has 2 aliphatic heterocycles. The van der Waals surface area contributed by atoms with E-state index < -0.39 is 0 Å². The molecule has 0 radical (unpaired) electrons. The van der Waals surface area contributed by atoms with Crippen molar-refractivity contribution in [1.82, 2.24) is 15.0 Å². The molecule has 3 aromatic rings. The molecule has 0 bridgehead atoms. The summed E-state index contributed by atoms with van der Waals surface area (Å²) < 4.78 is 5.46. The van der Waals surface area contributed by atoms with Crippen LogP contribution in [-0.2, 0) is 17.7 Å². The average Bonchev–Trinajstić information content (AvgIpc) is 2.80. The molecule has 0 unspecified atom stereocenters. The van der Waals surface area contributed by atoms with Crippen LogP contribution in [0.15, 0.2) is 36.7 Å². The van der Waals surface area contributed by atoms with E-state index in [-0.39, 0.29) is 0 Å². The maximum atomic E-state index is 6.51. The van der Waals surface area contributed by atoms with Crippen LogP contribution in [0, 0.1) is 13.8 Å². The van der Waals surface area contributed by atoms with Crippen molar-refractivity contribution in [3.63, 3.8) is 0 Å². The van der Waals surface area contributed by atoms with E-state index in [4.69, 9.17) is 21.3 Å². The Hall–Kier alpha value is -2.70. The predicted molar refractivity (Wildman–Crippen MR) is 124 cm³/mol. The lowest BCUT2D eigenvalue weighted by Gasteiger charge is -2.32. The third kappa shape index (κ3) is 4.10. The Kier molecular flexibility index (Phi) is 5.50. The fraction of sp³-hybridized carbons (Fsp3) is 0.375. The topological polar surface area (TPSA) is 54.4 Å². The predicted octanol–water partition coefficient (Wildman–Crippen LogP) is 4.21. The first-order valence-electron chi connectivity index (χ1n) is 10.7. The lowest BCUT2D eigenvalue weighted by molar-refractivity contribution is 0.122. The highest BCUT2D eigenvalue weighted by molar-refractivity contribution is 6.33. The third-order valence-corrected chi connectivity index (χ3v) is 6.30.